The Kier molecular flexibility index (Phi) is 5.25. The maximum atomic E-state index is 11.9. The number of nitrogens with one attached hydrogen (secondary N) is 1. The average molecular weight is 247 g/mol. The summed E-state index contributed by atoms with van der Waals surface area (Å²) in [5, 5.41) is 3.19. The van der Waals surface area contributed by atoms with Crippen LogP contribution >= 0.6 is 0 Å². The van der Waals surface area contributed by atoms with Crippen LogP contribution in [0.2, 0.25) is 0 Å². The second kappa shape index (κ2) is 6.01. The van der Waals surface area contributed by atoms with Crippen molar-refractivity contribution in [3.8, 4) is 0 Å². The molecule has 1 aliphatic rings. The standard InChI is InChI=1S/C12H25NO2S/c1-10(2)8-16(14,15)9-12(13-3)11-6-4-5-7-11/h10-13H,4-9H2,1-3H3. The van der Waals surface area contributed by atoms with Gasteiger partial charge in [-0.05, 0) is 31.7 Å². The van der Waals surface area contributed by atoms with E-state index in [4.69, 9.17) is 0 Å². The van der Waals surface area contributed by atoms with Gasteiger partial charge in [-0.1, -0.05) is 26.7 Å². The molecule has 0 heterocycles. The van der Waals surface area contributed by atoms with Crippen LogP contribution in [0.15, 0.2) is 0 Å². The van der Waals surface area contributed by atoms with Gasteiger partial charge in [-0.25, -0.2) is 8.42 Å². The Hall–Kier alpha value is -0.0900. The van der Waals surface area contributed by atoms with Crippen LogP contribution in [-0.2, 0) is 9.84 Å². The molecule has 1 rings (SSSR count). The molecule has 0 spiro atoms. The fraction of sp³-hybridized carbons (Fsp3) is 1.00. The van der Waals surface area contributed by atoms with Crippen molar-refractivity contribution in [2.75, 3.05) is 18.6 Å². The van der Waals surface area contributed by atoms with Crippen LogP contribution in [0.4, 0.5) is 0 Å². The molecule has 1 unspecified atom stereocenters. The molecular formula is C12H25NO2S. The van der Waals surface area contributed by atoms with E-state index in [1.807, 2.05) is 20.9 Å². The molecule has 1 saturated carbocycles. The lowest BCUT2D eigenvalue weighted by Crippen LogP contribution is -2.39. The lowest BCUT2D eigenvalue weighted by molar-refractivity contribution is 0.403. The minimum atomic E-state index is -2.89. The summed E-state index contributed by atoms with van der Waals surface area (Å²) in [6, 6.07) is 0.159. The van der Waals surface area contributed by atoms with E-state index < -0.39 is 9.84 Å². The van der Waals surface area contributed by atoms with Gasteiger partial charge in [0, 0.05) is 6.04 Å². The molecular weight excluding hydrogens is 222 g/mol. The Balaban J connectivity index is 2.55. The summed E-state index contributed by atoms with van der Waals surface area (Å²) in [4.78, 5) is 0. The fourth-order valence-electron chi connectivity index (χ4n) is 2.66. The van der Waals surface area contributed by atoms with E-state index >= 15 is 0 Å². The maximum Gasteiger partial charge on any atom is 0.152 e. The third-order valence-electron chi connectivity index (χ3n) is 3.36. The van der Waals surface area contributed by atoms with Gasteiger partial charge < -0.3 is 5.32 Å². The molecule has 0 aliphatic heterocycles. The zero-order valence-electron chi connectivity index (χ0n) is 10.7. The fourth-order valence-corrected chi connectivity index (χ4v) is 4.80. The van der Waals surface area contributed by atoms with Crippen LogP contribution in [-0.4, -0.2) is 33.0 Å². The Morgan fingerprint density at radius 3 is 2.19 bits per heavy atom. The molecule has 1 atom stereocenters. The van der Waals surface area contributed by atoms with Crippen molar-refractivity contribution in [1.82, 2.24) is 5.32 Å². The molecule has 3 nitrogen and oxygen atoms in total. The van der Waals surface area contributed by atoms with Gasteiger partial charge in [0.05, 0.1) is 11.5 Å². The molecule has 4 heteroatoms. The van der Waals surface area contributed by atoms with Gasteiger partial charge in [-0.3, -0.25) is 0 Å². The van der Waals surface area contributed by atoms with Crippen LogP contribution in [0.1, 0.15) is 39.5 Å². The number of hydrogen-bond acceptors (Lipinski definition) is 3. The summed E-state index contributed by atoms with van der Waals surface area (Å²) in [7, 11) is -1.01. The van der Waals surface area contributed by atoms with Crippen LogP contribution < -0.4 is 5.32 Å². The van der Waals surface area contributed by atoms with E-state index in [9.17, 15) is 8.42 Å². The summed E-state index contributed by atoms with van der Waals surface area (Å²) in [6.45, 7) is 3.92. The van der Waals surface area contributed by atoms with Crippen LogP contribution in [0.5, 0.6) is 0 Å². The van der Waals surface area contributed by atoms with E-state index in [0.717, 1.165) is 0 Å². The number of rotatable bonds is 6. The van der Waals surface area contributed by atoms with Crippen molar-refractivity contribution < 1.29 is 8.42 Å². The van der Waals surface area contributed by atoms with Gasteiger partial charge in [0.25, 0.3) is 0 Å². The molecule has 1 N–H and O–H groups in total. The largest absolute Gasteiger partial charge is 0.316 e. The van der Waals surface area contributed by atoms with Gasteiger partial charge in [-0.2, -0.15) is 0 Å². The van der Waals surface area contributed by atoms with E-state index in [1.165, 1.54) is 25.7 Å². The molecule has 0 aromatic heterocycles. The maximum absolute atomic E-state index is 11.9. The molecule has 1 fully saturated rings. The quantitative estimate of drug-likeness (QED) is 0.779. The van der Waals surface area contributed by atoms with Crippen molar-refractivity contribution in [1.29, 1.82) is 0 Å². The van der Waals surface area contributed by atoms with Crippen LogP contribution in [0.3, 0.4) is 0 Å². The zero-order chi connectivity index (χ0) is 12.2. The molecule has 0 saturated heterocycles. The van der Waals surface area contributed by atoms with Crippen LogP contribution in [0, 0.1) is 11.8 Å². The molecule has 0 aromatic carbocycles. The number of hydrogen-bond donors (Lipinski definition) is 1. The summed E-state index contributed by atoms with van der Waals surface area (Å²) in [6.07, 6.45) is 4.88. The third-order valence-corrected chi connectivity index (χ3v) is 5.40. The van der Waals surface area contributed by atoms with Gasteiger partial charge in [0.15, 0.2) is 9.84 Å². The average Bonchev–Trinajstić information content (AvgIpc) is 2.64. The normalized spacial score (nSPS) is 20.5. The summed E-state index contributed by atoms with van der Waals surface area (Å²) < 4.78 is 23.9. The minimum absolute atomic E-state index is 0.159. The van der Waals surface area contributed by atoms with Crippen molar-refractivity contribution >= 4 is 9.84 Å². The second-order valence-corrected chi connectivity index (χ2v) is 7.56. The lowest BCUT2D eigenvalue weighted by Gasteiger charge is -2.23. The second-order valence-electron chi connectivity index (χ2n) is 5.41. The Morgan fingerprint density at radius 1 is 1.19 bits per heavy atom. The minimum Gasteiger partial charge on any atom is -0.316 e. The van der Waals surface area contributed by atoms with E-state index in [1.54, 1.807) is 0 Å². The van der Waals surface area contributed by atoms with Gasteiger partial charge in [0.2, 0.25) is 0 Å². The summed E-state index contributed by atoms with van der Waals surface area (Å²) >= 11 is 0. The third kappa shape index (κ3) is 4.42. The van der Waals surface area contributed by atoms with Gasteiger partial charge >= 0.3 is 0 Å². The zero-order valence-corrected chi connectivity index (χ0v) is 11.5. The summed E-state index contributed by atoms with van der Waals surface area (Å²) in [5.74, 6) is 1.42. The molecule has 0 bridgehead atoms. The summed E-state index contributed by atoms with van der Waals surface area (Å²) in [5.41, 5.74) is 0. The van der Waals surface area contributed by atoms with Crippen LogP contribution in [0.25, 0.3) is 0 Å². The van der Waals surface area contributed by atoms with E-state index in [-0.39, 0.29) is 12.0 Å². The molecule has 96 valence electrons. The predicted molar refractivity (Wildman–Crippen MR) is 68.3 cm³/mol. The molecule has 16 heavy (non-hydrogen) atoms. The van der Waals surface area contributed by atoms with E-state index in [2.05, 4.69) is 5.32 Å². The first-order chi connectivity index (χ1) is 7.44. The molecule has 1 aliphatic carbocycles. The molecule has 0 amide bonds. The highest BCUT2D eigenvalue weighted by Gasteiger charge is 2.28. The number of sulfone groups is 1. The van der Waals surface area contributed by atoms with Crippen molar-refractivity contribution in [3.63, 3.8) is 0 Å². The molecule has 0 radical (unpaired) electrons. The Morgan fingerprint density at radius 2 is 1.75 bits per heavy atom. The highest BCUT2D eigenvalue weighted by Crippen LogP contribution is 2.28. The predicted octanol–water partition coefficient (Wildman–Crippen LogP) is 1.84. The SMILES string of the molecule is CNC(CS(=O)(=O)CC(C)C)C1CCCC1. The van der Waals surface area contributed by atoms with Crippen molar-refractivity contribution in [3.05, 3.63) is 0 Å². The Bertz CT molecular complexity index is 292. The van der Waals surface area contributed by atoms with Gasteiger partial charge in [0.1, 0.15) is 0 Å². The van der Waals surface area contributed by atoms with Gasteiger partial charge in [-0.15, -0.1) is 0 Å². The first-order valence-corrected chi connectivity index (χ1v) is 8.14. The lowest BCUT2D eigenvalue weighted by atomic mass is 10.0. The van der Waals surface area contributed by atoms with E-state index in [0.29, 0.717) is 17.4 Å². The topological polar surface area (TPSA) is 46.2 Å². The highest BCUT2D eigenvalue weighted by atomic mass is 32.2. The van der Waals surface area contributed by atoms with Crippen molar-refractivity contribution in [2.24, 2.45) is 11.8 Å². The monoisotopic (exact) mass is 247 g/mol. The highest BCUT2D eigenvalue weighted by molar-refractivity contribution is 7.91. The first kappa shape index (κ1) is 14.0. The Labute approximate surface area is 99.9 Å². The first-order valence-electron chi connectivity index (χ1n) is 6.32. The smallest absolute Gasteiger partial charge is 0.152 e. The molecule has 0 aromatic rings. The van der Waals surface area contributed by atoms with Crippen molar-refractivity contribution in [2.45, 2.75) is 45.6 Å².